The predicted octanol–water partition coefficient (Wildman–Crippen LogP) is 5.64. The first-order chi connectivity index (χ1) is 19.9. The molecule has 7 rings (SSSR count). The fourth-order valence-corrected chi connectivity index (χ4v) is 6.72. The number of anilines is 1. The number of hydrogen-bond donors (Lipinski definition) is 0. The Hall–Kier alpha value is -4.91. The van der Waals surface area contributed by atoms with Gasteiger partial charge in [-0.2, -0.15) is 0 Å². The van der Waals surface area contributed by atoms with Gasteiger partial charge in [-0.25, -0.2) is 9.78 Å². The Kier molecular flexibility index (Phi) is 5.89. The fourth-order valence-electron chi connectivity index (χ4n) is 6.72. The number of carbonyl (C=O) groups is 4. The van der Waals surface area contributed by atoms with E-state index in [1.807, 2.05) is 24.3 Å². The number of benzene rings is 3. The van der Waals surface area contributed by atoms with Crippen LogP contribution in [0.2, 0.25) is 0 Å². The van der Waals surface area contributed by atoms with Crippen molar-refractivity contribution in [1.29, 1.82) is 0 Å². The summed E-state index contributed by atoms with van der Waals surface area (Å²) in [6, 6.07) is 24.7. The predicted molar refractivity (Wildman–Crippen MR) is 153 cm³/mol. The van der Waals surface area contributed by atoms with Crippen molar-refractivity contribution in [1.82, 2.24) is 4.98 Å². The van der Waals surface area contributed by atoms with Crippen LogP contribution in [0.4, 0.5) is 5.69 Å². The summed E-state index contributed by atoms with van der Waals surface area (Å²) in [5.41, 5.74) is 4.37. The zero-order chi connectivity index (χ0) is 28.2. The second kappa shape index (κ2) is 9.63. The Morgan fingerprint density at radius 1 is 0.902 bits per heavy atom. The summed E-state index contributed by atoms with van der Waals surface area (Å²) in [7, 11) is 0. The van der Waals surface area contributed by atoms with Crippen molar-refractivity contribution >= 4 is 40.2 Å². The topological polar surface area (TPSA) is 93.6 Å². The van der Waals surface area contributed by atoms with Crippen molar-refractivity contribution in [2.45, 2.75) is 13.3 Å². The number of pyridine rings is 1. The summed E-state index contributed by atoms with van der Waals surface area (Å²) in [4.78, 5) is 58.4. The van der Waals surface area contributed by atoms with Crippen LogP contribution in [0.25, 0.3) is 22.2 Å². The van der Waals surface area contributed by atoms with Crippen molar-refractivity contribution in [3.05, 3.63) is 108 Å². The van der Waals surface area contributed by atoms with E-state index in [9.17, 15) is 19.2 Å². The van der Waals surface area contributed by atoms with Crippen LogP contribution in [0.3, 0.4) is 0 Å². The lowest BCUT2D eigenvalue weighted by Crippen LogP contribution is -2.32. The van der Waals surface area contributed by atoms with Crippen LogP contribution in [0, 0.1) is 23.7 Å². The average Bonchev–Trinajstić information content (AvgIpc) is 3.65. The molecule has 4 unspecified atom stereocenters. The number of carbonyl (C=O) groups excluding carboxylic acids is 4. The standard InChI is InChI=1S/C34H26N2O5/c1-19-15-22-16-25(19)31-30(22)32(38)36(33(31)39)23-13-11-20(12-14-23)28-17-26(24-9-5-6-10-27(24)35-28)34(40)41-18-29(37)21-7-3-2-4-8-21/h2-15,17,22,25,30-31H,16,18H2,1H3. The van der Waals surface area contributed by atoms with Gasteiger partial charge in [0.15, 0.2) is 12.4 Å². The average molecular weight is 543 g/mol. The van der Waals surface area contributed by atoms with Crippen molar-refractivity contribution in [2.75, 3.05) is 11.5 Å². The van der Waals surface area contributed by atoms with Gasteiger partial charge in [-0.15, -0.1) is 0 Å². The number of amides is 2. The Bertz CT molecular complexity index is 1780. The molecule has 3 aromatic carbocycles. The van der Waals surface area contributed by atoms with E-state index in [2.05, 4.69) is 13.0 Å². The summed E-state index contributed by atoms with van der Waals surface area (Å²) >= 11 is 0. The third-order valence-corrected chi connectivity index (χ3v) is 8.67. The van der Waals surface area contributed by atoms with Crippen molar-refractivity contribution in [2.24, 2.45) is 23.7 Å². The Morgan fingerprint density at radius 2 is 1.61 bits per heavy atom. The number of Topliss-reactive ketones (excluding diaryl/α,β-unsaturated/α-hetero) is 1. The molecule has 4 aromatic rings. The number of hydrogen-bond acceptors (Lipinski definition) is 6. The molecule has 1 aromatic heterocycles. The fraction of sp³-hybridized carbons (Fsp3) is 0.206. The van der Waals surface area contributed by atoms with E-state index in [-0.39, 0.29) is 47.9 Å². The first-order valence-electron chi connectivity index (χ1n) is 13.7. The number of fused-ring (bicyclic) bond motifs is 6. The van der Waals surface area contributed by atoms with Gasteiger partial charge in [-0.05, 0) is 49.4 Å². The molecule has 1 saturated carbocycles. The number of esters is 1. The second-order valence-corrected chi connectivity index (χ2v) is 11.0. The van der Waals surface area contributed by atoms with E-state index >= 15 is 0 Å². The Labute approximate surface area is 236 Å². The Morgan fingerprint density at radius 3 is 2.39 bits per heavy atom. The highest BCUT2D eigenvalue weighted by Crippen LogP contribution is 2.55. The molecule has 0 radical (unpaired) electrons. The SMILES string of the molecule is CC1=CC2CC1C1C(=O)N(c3ccc(-c4cc(C(=O)OCC(=O)c5ccccc5)c5ccccc5n4)cc3)C(=O)C21. The monoisotopic (exact) mass is 542 g/mol. The van der Waals surface area contributed by atoms with E-state index < -0.39 is 5.97 Å². The number of rotatable bonds is 6. The zero-order valence-corrected chi connectivity index (χ0v) is 22.3. The molecule has 202 valence electrons. The molecular formula is C34H26N2O5. The van der Waals surface area contributed by atoms with E-state index in [0.717, 1.165) is 6.42 Å². The molecule has 0 N–H and O–H groups in total. The minimum absolute atomic E-state index is 0.119. The summed E-state index contributed by atoms with van der Waals surface area (Å²) in [5, 5.41) is 0.614. The number of allylic oxidation sites excluding steroid dienone is 2. The quantitative estimate of drug-likeness (QED) is 0.135. The third-order valence-electron chi connectivity index (χ3n) is 8.67. The molecule has 2 fully saturated rings. The van der Waals surface area contributed by atoms with Gasteiger partial charge in [0.05, 0.1) is 34.3 Å². The normalized spacial score (nSPS) is 22.7. The molecule has 2 amide bonds. The van der Waals surface area contributed by atoms with Gasteiger partial charge in [0, 0.05) is 16.5 Å². The molecule has 7 heteroatoms. The molecule has 1 aliphatic heterocycles. The zero-order valence-electron chi connectivity index (χ0n) is 22.3. The van der Waals surface area contributed by atoms with Gasteiger partial charge in [-0.1, -0.05) is 72.3 Å². The van der Waals surface area contributed by atoms with Crippen LogP contribution in [0.5, 0.6) is 0 Å². The van der Waals surface area contributed by atoms with Crippen molar-refractivity contribution in [3.63, 3.8) is 0 Å². The first-order valence-corrected chi connectivity index (χ1v) is 13.7. The van der Waals surface area contributed by atoms with E-state index in [4.69, 9.17) is 9.72 Å². The van der Waals surface area contributed by atoms with Gasteiger partial charge in [0.1, 0.15) is 0 Å². The first kappa shape index (κ1) is 25.1. The maximum Gasteiger partial charge on any atom is 0.339 e. The van der Waals surface area contributed by atoms with Crippen molar-refractivity contribution < 1.29 is 23.9 Å². The molecule has 7 nitrogen and oxygen atoms in total. The van der Waals surface area contributed by atoms with Crippen LogP contribution < -0.4 is 4.90 Å². The molecular weight excluding hydrogens is 516 g/mol. The number of imide groups is 1. The van der Waals surface area contributed by atoms with Crippen LogP contribution in [0.1, 0.15) is 34.1 Å². The molecule has 41 heavy (non-hydrogen) atoms. The number of ketones is 1. The van der Waals surface area contributed by atoms with Gasteiger partial charge in [-0.3, -0.25) is 19.3 Å². The highest BCUT2D eigenvalue weighted by molar-refractivity contribution is 6.23. The van der Waals surface area contributed by atoms with Crippen LogP contribution in [-0.4, -0.2) is 35.2 Å². The number of aromatic nitrogens is 1. The number of para-hydroxylation sites is 1. The summed E-state index contributed by atoms with van der Waals surface area (Å²) in [6.45, 7) is 1.68. The Balaban J connectivity index is 1.15. The highest BCUT2D eigenvalue weighted by atomic mass is 16.5. The molecule has 2 bridgehead atoms. The molecule has 2 heterocycles. The van der Waals surface area contributed by atoms with Gasteiger partial charge >= 0.3 is 5.97 Å². The van der Waals surface area contributed by atoms with Crippen LogP contribution in [-0.2, 0) is 14.3 Å². The molecule has 0 spiro atoms. The minimum atomic E-state index is -0.621. The van der Waals surface area contributed by atoms with E-state index in [1.54, 1.807) is 60.7 Å². The number of nitrogens with zero attached hydrogens (tertiary/aromatic N) is 2. The number of ether oxygens (including phenoxy) is 1. The van der Waals surface area contributed by atoms with Crippen LogP contribution in [0.15, 0.2) is 96.6 Å². The summed E-state index contributed by atoms with van der Waals surface area (Å²) in [6.07, 6.45) is 3.05. The van der Waals surface area contributed by atoms with Crippen LogP contribution >= 0.6 is 0 Å². The minimum Gasteiger partial charge on any atom is -0.454 e. The maximum atomic E-state index is 13.3. The lowest BCUT2D eigenvalue weighted by Gasteiger charge is -2.19. The highest BCUT2D eigenvalue weighted by Gasteiger charge is 2.60. The lowest BCUT2D eigenvalue weighted by molar-refractivity contribution is -0.123. The van der Waals surface area contributed by atoms with E-state index in [0.29, 0.717) is 39.0 Å². The molecule has 2 aliphatic carbocycles. The molecule has 4 atom stereocenters. The molecule has 1 saturated heterocycles. The van der Waals surface area contributed by atoms with Crippen molar-refractivity contribution in [3.8, 4) is 11.3 Å². The second-order valence-electron chi connectivity index (χ2n) is 11.0. The maximum absolute atomic E-state index is 13.3. The summed E-state index contributed by atoms with van der Waals surface area (Å²) < 4.78 is 5.42. The molecule has 3 aliphatic rings. The largest absolute Gasteiger partial charge is 0.454 e. The lowest BCUT2D eigenvalue weighted by atomic mass is 9.82. The third kappa shape index (κ3) is 4.08. The van der Waals surface area contributed by atoms with Gasteiger partial charge in [0.2, 0.25) is 11.8 Å². The smallest absolute Gasteiger partial charge is 0.339 e. The van der Waals surface area contributed by atoms with E-state index in [1.165, 1.54) is 10.5 Å². The summed E-state index contributed by atoms with van der Waals surface area (Å²) in [5.74, 6) is -1.37. The van der Waals surface area contributed by atoms with Gasteiger partial charge < -0.3 is 4.74 Å². The van der Waals surface area contributed by atoms with Gasteiger partial charge in [0.25, 0.3) is 0 Å².